The molecule has 0 saturated heterocycles. The number of nitrogens with one attached hydrogen (secondary N) is 1. The summed E-state index contributed by atoms with van der Waals surface area (Å²) < 4.78 is 26.7. The van der Waals surface area contributed by atoms with Crippen molar-refractivity contribution in [2.45, 2.75) is 17.7 Å². The monoisotopic (exact) mass is 311 g/mol. The molecule has 0 bridgehead atoms. The first-order valence-electron chi connectivity index (χ1n) is 6.32. The molecule has 2 rings (SSSR count). The van der Waals surface area contributed by atoms with Gasteiger partial charge in [-0.2, -0.15) is 11.3 Å². The molecule has 20 heavy (non-hydrogen) atoms. The van der Waals surface area contributed by atoms with E-state index in [1.807, 2.05) is 16.8 Å². The van der Waals surface area contributed by atoms with Gasteiger partial charge in [0, 0.05) is 13.2 Å². The Bertz CT molecular complexity index is 619. The molecule has 0 atom stereocenters. The minimum atomic E-state index is -3.45. The molecule has 0 spiro atoms. The van der Waals surface area contributed by atoms with Gasteiger partial charge in [0.1, 0.15) is 0 Å². The Morgan fingerprint density at radius 2 is 1.80 bits per heavy atom. The fraction of sp³-hybridized carbons (Fsp3) is 0.286. The number of aliphatic hydroxyl groups is 1. The standard InChI is InChI=1S/C14H17NO3S2/c16-9-6-12-1-3-14(4-2-12)20(17,18)15-8-5-13-7-10-19-11-13/h1-4,7,10-11,15-16H,5-6,8-9H2. The summed E-state index contributed by atoms with van der Waals surface area (Å²) in [7, 11) is -3.45. The summed E-state index contributed by atoms with van der Waals surface area (Å²) in [5.74, 6) is 0. The van der Waals surface area contributed by atoms with Crippen LogP contribution in [0.15, 0.2) is 46.0 Å². The van der Waals surface area contributed by atoms with Crippen molar-refractivity contribution in [3.8, 4) is 0 Å². The Balaban J connectivity index is 1.95. The van der Waals surface area contributed by atoms with E-state index in [4.69, 9.17) is 5.11 Å². The molecule has 2 aromatic rings. The quantitative estimate of drug-likeness (QED) is 0.819. The molecule has 0 aliphatic carbocycles. The van der Waals surface area contributed by atoms with E-state index in [2.05, 4.69) is 4.72 Å². The summed E-state index contributed by atoms with van der Waals surface area (Å²) in [6, 6.07) is 8.58. The number of rotatable bonds is 7. The zero-order chi connectivity index (χ0) is 14.4. The average Bonchev–Trinajstić information content (AvgIpc) is 2.93. The van der Waals surface area contributed by atoms with E-state index in [-0.39, 0.29) is 11.5 Å². The van der Waals surface area contributed by atoms with Crippen LogP contribution in [0.2, 0.25) is 0 Å². The van der Waals surface area contributed by atoms with Crippen LogP contribution in [-0.2, 0) is 22.9 Å². The molecule has 1 aromatic heterocycles. The Morgan fingerprint density at radius 1 is 1.05 bits per heavy atom. The van der Waals surface area contributed by atoms with Crippen molar-refractivity contribution in [3.05, 3.63) is 52.2 Å². The summed E-state index contributed by atoms with van der Waals surface area (Å²) in [5, 5.41) is 12.8. The summed E-state index contributed by atoms with van der Waals surface area (Å²) in [5.41, 5.74) is 2.06. The highest BCUT2D eigenvalue weighted by molar-refractivity contribution is 7.89. The van der Waals surface area contributed by atoms with Crippen LogP contribution in [0, 0.1) is 0 Å². The Hall–Kier alpha value is -1.21. The fourth-order valence-electron chi connectivity index (χ4n) is 1.81. The third-order valence-electron chi connectivity index (χ3n) is 2.92. The topological polar surface area (TPSA) is 66.4 Å². The van der Waals surface area contributed by atoms with Crippen molar-refractivity contribution < 1.29 is 13.5 Å². The second-order valence-corrected chi connectivity index (χ2v) is 6.94. The SMILES string of the molecule is O=S(=O)(NCCc1ccsc1)c1ccc(CCO)cc1. The van der Waals surface area contributed by atoms with Crippen molar-refractivity contribution in [1.82, 2.24) is 4.72 Å². The van der Waals surface area contributed by atoms with Gasteiger partial charge < -0.3 is 5.11 Å². The molecule has 0 fully saturated rings. The second-order valence-electron chi connectivity index (χ2n) is 4.40. The van der Waals surface area contributed by atoms with Crippen molar-refractivity contribution in [1.29, 1.82) is 0 Å². The maximum atomic E-state index is 12.1. The number of thiophene rings is 1. The van der Waals surface area contributed by atoms with Crippen molar-refractivity contribution in [2.24, 2.45) is 0 Å². The van der Waals surface area contributed by atoms with E-state index in [1.54, 1.807) is 35.6 Å². The minimum Gasteiger partial charge on any atom is -0.396 e. The van der Waals surface area contributed by atoms with Gasteiger partial charge in [-0.25, -0.2) is 13.1 Å². The number of sulfonamides is 1. The molecule has 0 amide bonds. The van der Waals surface area contributed by atoms with E-state index in [0.717, 1.165) is 11.1 Å². The lowest BCUT2D eigenvalue weighted by atomic mass is 10.2. The lowest BCUT2D eigenvalue weighted by Crippen LogP contribution is -2.25. The van der Waals surface area contributed by atoms with Crippen molar-refractivity contribution in [2.75, 3.05) is 13.2 Å². The third-order valence-corrected chi connectivity index (χ3v) is 5.13. The molecule has 0 saturated carbocycles. The largest absolute Gasteiger partial charge is 0.396 e. The van der Waals surface area contributed by atoms with Gasteiger partial charge in [-0.3, -0.25) is 0 Å². The van der Waals surface area contributed by atoms with Crippen LogP contribution in [0.4, 0.5) is 0 Å². The zero-order valence-electron chi connectivity index (χ0n) is 11.0. The number of benzene rings is 1. The number of aliphatic hydroxyl groups excluding tert-OH is 1. The summed E-state index contributed by atoms with van der Waals surface area (Å²) in [6.07, 6.45) is 1.22. The van der Waals surface area contributed by atoms with Crippen LogP contribution in [-0.4, -0.2) is 26.7 Å². The maximum absolute atomic E-state index is 12.1. The molecule has 6 heteroatoms. The van der Waals surface area contributed by atoms with Gasteiger partial charge in [0.2, 0.25) is 10.0 Å². The van der Waals surface area contributed by atoms with Crippen LogP contribution < -0.4 is 4.72 Å². The molecule has 2 N–H and O–H groups in total. The molecule has 0 unspecified atom stereocenters. The van der Waals surface area contributed by atoms with E-state index in [9.17, 15) is 8.42 Å². The Kier molecular flexibility index (Phi) is 5.31. The lowest BCUT2D eigenvalue weighted by Gasteiger charge is -2.07. The first-order chi connectivity index (χ1) is 9.62. The van der Waals surface area contributed by atoms with Crippen molar-refractivity contribution >= 4 is 21.4 Å². The molecule has 108 valence electrons. The predicted octanol–water partition coefficient (Wildman–Crippen LogP) is 1.80. The van der Waals surface area contributed by atoms with E-state index in [1.165, 1.54) is 0 Å². The van der Waals surface area contributed by atoms with Crippen LogP contribution in [0.3, 0.4) is 0 Å². The van der Waals surface area contributed by atoms with Gasteiger partial charge in [0.15, 0.2) is 0 Å². The molecular weight excluding hydrogens is 294 g/mol. The van der Waals surface area contributed by atoms with Crippen LogP contribution in [0.25, 0.3) is 0 Å². The highest BCUT2D eigenvalue weighted by atomic mass is 32.2. The van der Waals surface area contributed by atoms with Crippen LogP contribution >= 0.6 is 11.3 Å². The summed E-state index contributed by atoms with van der Waals surface area (Å²) >= 11 is 1.60. The summed E-state index contributed by atoms with van der Waals surface area (Å²) in [4.78, 5) is 0.254. The highest BCUT2D eigenvalue weighted by Crippen LogP contribution is 2.11. The van der Waals surface area contributed by atoms with Crippen molar-refractivity contribution in [3.63, 3.8) is 0 Å². The van der Waals surface area contributed by atoms with Gasteiger partial charge in [-0.1, -0.05) is 12.1 Å². The smallest absolute Gasteiger partial charge is 0.240 e. The van der Waals surface area contributed by atoms with Gasteiger partial charge >= 0.3 is 0 Å². The fourth-order valence-corrected chi connectivity index (χ4v) is 3.55. The molecule has 0 aliphatic heterocycles. The minimum absolute atomic E-state index is 0.0605. The van der Waals surface area contributed by atoms with Crippen LogP contribution in [0.1, 0.15) is 11.1 Å². The van der Waals surface area contributed by atoms with Gasteiger partial charge in [0.25, 0.3) is 0 Å². The number of hydrogen-bond acceptors (Lipinski definition) is 4. The molecule has 4 nitrogen and oxygen atoms in total. The highest BCUT2D eigenvalue weighted by Gasteiger charge is 2.12. The molecule has 1 aromatic carbocycles. The molecule has 0 aliphatic rings. The van der Waals surface area contributed by atoms with E-state index < -0.39 is 10.0 Å². The Morgan fingerprint density at radius 3 is 2.40 bits per heavy atom. The van der Waals surface area contributed by atoms with Gasteiger partial charge in [0.05, 0.1) is 4.90 Å². The average molecular weight is 311 g/mol. The van der Waals surface area contributed by atoms with Gasteiger partial charge in [-0.15, -0.1) is 0 Å². The normalized spacial score (nSPS) is 11.7. The first kappa shape index (κ1) is 15.2. The molecular formula is C14H17NO3S2. The number of hydrogen-bond donors (Lipinski definition) is 2. The second kappa shape index (κ2) is 6.99. The molecule has 1 heterocycles. The third kappa shape index (κ3) is 4.14. The lowest BCUT2D eigenvalue weighted by molar-refractivity contribution is 0.299. The van der Waals surface area contributed by atoms with E-state index >= 15 is 0 Å². The summed E-state index contributed by atoms with van der Waals surface area (Å²) in [6.45, 7) is 0.447. The Labute approximate surface area is 123 Å². The maximum Gasteiger partial charge on any atom is 0.240 e. The predicted molar refractivity (Wildman–Crippen MR) is 80.4 cm³/mol. The molecule has 0 radical (unpaired) electrons. The zero-order valence-corrected chi connectivity index (χ0v) is 12.6. The van der Waals surface area contributed by atoms with Gasteiger partial charge in [-0.05, 0) is 52.9 Å². The van der Waals surface area contributed by atoms with E-state index in [0.29, 0.717) is 19.4 Å². The first-order valence-corrected chi connectivity index (χ1v) is 8.75. The van der Waals surface area contributed by atoms with Crippen LogP contribution in [0.5, 0.6) is 0 Å².